The van der Waals surface area contributed by atoms with E-state index in [0.29, 0.717) is 19.1 Å². The Labute approximate surface area is 180 Å². The molecule has 1 heterocycles. The van der Waals surface area contributed by atoms with E-state index in [2.05, 4.69) is 48.1 Å². The lowest BCUT2D eigenvalue weighted by Gasteiger charge is -2.36. The zero-order valence-electron chi connectivity index (χ0n) is 16.9. The maximum atomic E-state index is 11.4. The summed E-state index contributed by atoms with van der Waals surface area (Å²) in [4.78, 5) is 20.2. The van der Waals surface area contributed by atoms with Gasteiger partial charge in [-0.2, -0.15) is 0 Å². The van der Waals surface area contributed by atoms with Crippen LogP contribution in [0.1, 0.15) is 39.2 Å². The maximum Gasteiger partial charge on any atom is 0.219 e. The van der Waals surface area contributed by atoms with Gasteiger partial charge in [-0.15, -0.1) is 24.0 Å². The van der Waals surface area contributed by atoms with Gasteiger partial charge in [-0.25, -0.2) is 4.99 Å². The van der Waals surface area contributed by atoms with E-state index in [-0.39, 0.29) is 29.9 Å². The van der Waals surface area contributed by atoms with Crippen LogP contribution in [0.4, 0.5) is 0 Å². The van der Waals surface area contributed by atoms with Crippen LogP contribution in [-0.2, 0) is 4.79 Å². The number of amides is 1. The first-order valence-electron chi connectivity index (χ1n) is 9.52. The molecule has 0 unspecified atom stereocenters. The van der Waals surface area contributed by atoms with Crippen LogP contribution in [0.5, 0.6) is 5.75 Å². The van der Waals surface area contributed by atoms with Crippen molar-refractivity contribution in [2.45, 2.75) is 33.6 Å². The van der Waals surface area contributed by atoms with Crippen molar-refractivity contribution in [1.29, 1.82) is 0 Å². The summed E-state index contributed by atoms with van der Waals surface area (Å²) in [6.45, 7) is 13.1. The first-order chi connectivity index (χ1) is 12.5. The molecule has 0 aliphatic carbocycles. The number of carbonyl (C=O) groups excluding carboxylic acids is 1. The van der Waals surface area contributed by atoms with Gasteiger partial charge in [-0.3, -0.25) is 4.79 Å². The van der Waals surface area contributed by atoms with Gasteiger partial charge in [0.05, 0.1) is 6.54 Å². The van der Waals surface area contributed by atoms with Crippen LogP contribution in [0.25, 0.3) is 0 Å². The van der Waals surface area contributed by atoms with Crippen LogP contribution in [0.15, 0.2) is 29.3 Å². The van der Waals surface area contributed by atoms with E-state index in [4.69, 9.17) is 4.74 Å². The fourth-order valence-corrected chi connectivity index (χ4v) is 2.92. The third-order valence-electron chi connectivity index (χ3n) is 4.53. The third kappa shape index (κ3) is 7.56. The summed E-state index contributed by atoms with van der Waals surface area (Å²) >= 11 is 0. The zero-order chi connectivity index (χ0) is 18.9. The van der Waals surface area contributed by atoms with Crippen LogP contribution in [0.2, 0.25) is 0 Å². The van der Waals surface area contributed by atoms with Gasteiger partial charge >= 0.3 is 0 Å². The minimum absolute atomic E-state index is 0. The van der Waals surface area contributed by atoms with Gasteiger partial charge in [-0.05, 0) is 30.5 Å². The molecular weight excluding hydrogens is 455 g/mol. The molecule has 1 aromatic rings. The summed E-state index contributed by atoms with van der Waals surface area (Å²) in [6, 6.07) is 8.26. The summed E-state index contributed by atoms with van der Waals surface area (Å²) in [5.74, 6) is 2.45. The number of halogens is 1. The maximum absolute atomic E-state index is 11.4. The molecule has 1 fully saturated rings. The summed E-state index contributed by atoms with van der Waals surface area (Å²) in [5.41, 5.74) is 1.31. The molecule has 0 spiro atoms. The van der Waals surface area contributed by atoms with Crippen LogP contribution in [-0.4, -0.2) is 67.5 Å². The monoisotopic (exact) mass is 488 g/mol. The molecule has 7 heteroatoms. The third-order valence-corrected chi connectivity index (χ3v) is 4.53. The van der Waals surface area contributed by atoms with E-state index in [1.165, 1.54) is 5.56 Å². The second-order valence-electron chi connectivity index (χ2n) is 6.80. The van der Waals surface area contributed by atoms with Crippen molar-refractivity contribution in [2.24, 2.45) is 4.99 Å². The van der Waals surface area contributed by atoms with Crippen LogP contribution >= 0.6 is 24.0 Å². The Morgan fingerprint density at radius 1 is 1.15 bits per heavy atom. The number of carbonyl (C=O) groups is 1. The Morgan fingerprint density at radius 2 is 1.74 bits per heavy atom. The summed E-state index contributed by atoms with van der Waals surface area (Å²) in [5, 5.41) is 3.33. The highest BCUT2D eigenvalue weighted by Gasteiger charge is 2.20. The minimum atomic E-state index is 0. The lowest BCUT2D eigenvalue weighted by molar-refractivity contribution is -0.130. The van der Waals surface area contributed by atoms with E-state index >= 15 is 0 Å². The molecule has 1 aromatic carbocycles. The fourth-order valence-electron chi connectivity index (χ4n) is 2.92. The van der Waals surface area contributed by atoms with Gasteiger partial charge in [0.2, 0.25) is 5.91 Å². The molecule has 0 atom stereocenters. The zero-order valence-corrected chi connectivity index (χ0v) is 19.2. The smallest absolute Gasteiger partial charge is 0.219 e. The van der Waals surface area contributed by atoms with Gasteiger partial charge < -0.3 is 19.9 Å². The Morgan fingerprint density at radius 3 is 2.26 bits per heavy atom. The lowest BCUT2D eigenvalue weighted by atomic mass is 10.0. The predicted molar refractivity (Wildman–Crippen MR) is 121 cm³/mol. The molecule has 2 rings (SSSR count). The normalized spacial score (nSPS) is 14.8. The second-order valence-corrected chi connectivity index (χ2v) is 6.80. The van der Waals surface area contributed by atoms with Crippen LogP contribution < -0.4 is 10.1 Å². The topological polar surface area (TPSA) is 57.2 Å². The number of piperazine rings is 1. The van der Waals surface area contributed by atoms with Crippen molar-refractivity contribution in [1.82, 2.24) is 15.1 Å². The molecule has 1 saturated heterocycles. The molecule has 1 amide bonds. The number of ether oxygens (including phenoxy) is 1. The molecule has 0 aromatic heterocycles. The van der Waals surface area contributed by atoms with Gasteiger partial charge in [0.15, 0.2) is 5.96 Å². The summed E-state index contributed by atoms with van der Waals surface area (Å²) in [7, 11) is 0. The summed E-state index contributed by atoms with van der Waals surface area (Å²) < 4.78 is 5.80. The second kappa shape index (κ2) is 12.0. The van der Waals surface area contributed by atoms with E-state index in [0.717, 1.165) is 44.4 Å². The Kier molecular flexibility index (Phi) is 10.5. The average molecular weight is 488 g/mol. The molecule has 1 aliphatic rings. The van der Waals surface area contributed by atoms with E-state index in [1.807, 2.05) is 17.0 Å². The van der Waals surface area contributed by atoms with Crippen LogP contribution in [0, 0.1) is 0 Å². The first kappa shape index (κ1) is 23.5. The first-order valence-corrected chi connectivity index (χ1v) is 9.52. The van der Waals surface area contributed by atoms with Crippen molar-refractivity contribution in [3.05, 3.63) is 29.8 Å². The number of nitrogens with one attached hydrogen (secondary N) is 1. The number of benzene rings is 1. The lowest BCUT2D eigenvalue weighted by Crippen LogP contribution is -2.53. The van der Waals surface area contributed by atoms with Gasteiger partial charge in [0, 0.05) is 39.6 Å². The Bertz CT molecular complexity index is 597. The quantitative estimate of drug-likeness (QED) is 0.290. The van der Waals surface area contributed by atoms with Crippen molar-refractivity contribution in [3.63, 3.8) is 0 Å². The predicted octanol–water partition coefficient (Wildman–Crippen LogP) is 2.94. The number of rotatable bonds is 6. The minimum Gasteiger partial charge on any atom is -0.492 e. The number of aliphatic imine (C=N–C) groups is 1. The SMILES string of the molecule is CCNC(=NCCOc1ccc(C(C)C)cc1)N1CCN(C(C)=O)CC1.I. The van der Waals surface area contributed by atoms with E-state index < -0.39 is 0 Å². The standard InChI is InChI=1S/C20H32N4O2.HI/c1-5-21-20(24-13-11-23(12-14-24)17(4)25)22-10-15-26-19-8-6-18(7-9-19)16(2)3;/h6-9,16H,5,10-15H2,1-4H3,(H,21,22);1H. The molecule has 0 bridgehead atoms. The number of nitrogens with zero attached hydrogens (tertiary/aromatic N) is 3. The fraction of sp³-hybridized carbons (Fsp3) is 0.600. The molecule has 152 valence electrons. The van der Waals surface area contributed by atoms with Crippen molar-refractivity contribution < 1.29 is 9.53 Å². The van der Waals surface area contributed by atoms with Crippen molar-refractivity contribution in [2.75, 3.05) is 45.9 Å². The van der Waals surface area contributed by atoms with E-state index in [1.54, 1.807) is 6.92 Å². The number of hydrogen-bond acceptors (Lipinski definition) is 3. The summed E-state index contributed by atoms with van der Waals surface area (Å²) in [6.07, 6.45) is 0. The molecule has 27 heavy (non-hydrogen) atoms. The molecular formula is C20H33IN4O2. The van der Waals surface area contributed by atoms with E-state index in [9.17, 15) is 4.79 Å². The van der Waals surface area contributed by atoms with Gasteiger partial charge in [-0.1, -0.05) is 26.0 Å². The highest BCUT2D eigenvalue weighted by atomic mass is 127. The Balaban J connectivity index is 0.00000364. The Hall–Kier alpha value is -1.51. The number of guanidine groups is 1. The van der Waals surface area contributed by atoms with Gasteiger partial charge in [0.1, 0.15) is 12.4 Å². The molecule has 0 saturated carbocycles. The van der Waals surface area contributed by atoms with Crippen molar-refractivity contribution in [3.8, 4) is 5.75 Å². The molecule has 6 nitrogen and oxygen atoms in total. The molecule has 0 radical (unpaired) electrons. The number of hydrogen-bond donors (Lipinski definition) is 1. The molecule has 1 N–H and O–H groups in total. The molecule has 1 aliphatic heterocycles. The average Bonchev–Trinajstić information content (AvgIpc) is 2.64. The van der Waals surface area contributed by atoms with Crippen LogP contribution in [0.3, 0.4) is 0 Å². The largest absolute Gasteiger partial charge is 0.492 e. The highest BCUT2D eigenvalue weighted by Crippen LogP contribution is 2.18. The highest BCUT2D eigenvalue weighted by molar-refractivity contribution is 14.0. The van der Waals surface area contributed by atoms with Gasteiger partial charge in [0.25, 0.3) is 0 Å². The van der Waals surface area contributed by atoms with Crippen molar-refractivity contribution >= 4 is 35.8 Å².